The van der Waals surface area contributed by atoms with Gasteiger partial charge in [-0.1, -0.05) is 36.4 Å². The number of aromatic amines is 1. The van der Waals surface area contributed by atoms with Gasteiger partial charge in [0.1, 0.15) is 28.4 Å². The lowest BCUT2D eigenvalue weighted by atomic mass is 9.61. The van der Waals surface area contributed by atoms with Crippen LogP contribution >= 0.6 is 0 Å². The number of nitrogens with one attached hydrogen (secondary N) is 1. The van der Waals surface area contributed by atoms with Crippen LogP contribution < -0.4 is 9.47 Å². The van der Waals surface area contributed by atoms with Gasteiger partial charge in [0.05, 0.1) is 19.8 Å². The van der Waals surface area contributed by atoms with Gasteiger partial charge in [-0.25, -0.2) is 4.98 Å². The summed E-state index contributed by atoms with van der Waals surface area (Å²) in [7, 11) is 5.48. The first-order chi connectivity index (χ1) is 17.0. The second-order valence-corrected chi connectivity index (χ2v) is 10.2. The van der Waals surface area contributed by atoms with Crippen molar-refractivity contribution >= 4 is 16.6 Å². The van der Waals surface area contributed by atoms with Crippen molar-refractivity contribution in [2.75, 3.05) is 34.4 Å². The van der Waals surface area contributed by atoms with Crippen LogP contribution in [-0.4, -0.2) is 59.9 Å². The molecule has 186 valence electrons. The van der Waals surface area contributed by atoms with Crippen LogP contribution in [0.15, 0.2) is 48.5 Å². The molecule has 2 bridgehead atoms. The second kappa shape index (κ2) is 10.0. The molecule has 6 nitrogen and oxygen atoms in total. The third-order valence-electron chi connectivity index (χ3n) is 7.98. The molecule has 0 radical (unpaired) electrons. The van der Waals surface area contributed by atoms with Crippen LogP contribution in [0.1, 0.15) is 43.5 Å². The molecule has 6 heteroatoms. The number of hydrogen-bond donors (Lipinski definition) is 2. The predicted molar refractivity (Wildman–Crippen MR) is 140 cm³/mol. The van der Waals surface area contributed by atoms with Gasteiger partial charge in [-0.2, -0.15) is 0 Å². The number of aromatic nitrogens is 2. The summed E-state index contributed by atoms with van der Waals surface area (Å²) >= 11 is 0. The van der Waals surface area contributed by atoms with E-state index in [1.54, 1.807) is 14.2 Å². The molecule has 35 heavy (non-hydrogen) atoms. The number of allylic oxidation sites excluding steroid dienone is 1. The van der Waals surface area contributed by atoms with Crippen LogP contribution in [0.25, 0.3) is 16.6 Å². The van der Waals surface area contributed by atoms with Crippen LogP contribution in [0.2, 0.25) is 0 Å². The maximum absolute atomic E-state index is 11.5. The molecular formula is C29H37N3O3. The zero-order valence-corrected chi connectivity index (χ0v) is 21.1. The molecule has 1 heterocycles. The number of nitrogens with zero attached hydrogens (tertiary/aromatic N) is 2. The van der Waals surface area contributed by atoms with Gasteiger partial charge in [0, 0.05) is 18.9 Å². The maximum Gasteiger partial charge on any atom is 0.146 e. The maximum atomic E-state index is 11.5. The molecule has 6 rings (SSSR count). The van der Waals surface area contributed by atoms with Gasteiger partial charge in [-0.3, -0.25) is 0 Å². The number of H-pyrrole nitrogens is 1. The highest BCUT2D eigenvalue weighted by Crippen LogP contribution is 2.51. The number of aliphatic hydroxyl groups is 1. The molecule has 1 saturated carbocycles. The summed E-state index contributed by atoms with van der Waals surface area (Å²) < 4.78 is 10.9. The zero-order valence-electron chi connectivity index (χ0n) is 21.1. The van der Waals surface area contributed by atoms with Crippen molar-refractivity contribution in [1.29, 1.82) is 0 Å². The number of ether oxygens (including phenoxy) is 2. The van der Waals surface area contributed by atoms with Gasteiger partial charge in [0.15, 0.2) is 0 Å². The van der Waals surface area contributed by atoms with Crippen LogP contribution in [0, 0.1) is 11.8 Å². The topological polar surface area (TPSA) is 70.6 Å². The molecule has 0 aliphatic heterocycles. The Balaban J connectivity index is 1.15. The highest BCUT2D eigenvalue weighted by Gasteiger charge is 2.46. The Morgan fingerprint density at radius 2 is 1.83 bits per heavy atom. The van der Waals surface area contributed by atoms with Crippen molar-refractivity contribution in [3.05, 3.63) is 59.9 Å². The minimum absolute atomic E-state index is 0.261. The number of hydrogen-bond acceptors (Lipinski definition) is 5. The number of benzene rings is 2. The second-order valence-electron chi connectivity index (χ2n) is 10.2. The van der Waals surface area contributed by atoms with E-state index in [2.05, 4.69) is 53.3 Å². The monoisotopic (exact) mass is 475 g/mol. The minimum Gasteiger partial charge on any atom is -0.494 e. The lowest BCUT2D eigenvalue weighted by Gasteiger charge is -2.48. The number of methoxy groups -OCH3 is 2. The Labute approximate surface area is 208 Å². The fourth-order valence-electron chi connectivity index (χ4n) is 5.99. The van der Waals surface area contributed by atoms with Gasteiger partial charge < -0.3 is 24.5 Å². The largest absolute Gasteiger partial charge is 0.494 e. The zero-order chi connectivity index (χ0) is 24.4. The summed E-state index contributed by atoms with van der Waals surface area (Å²) in [4.78, 5) is 10.5. The SMILES string of the molecule is COc1ccc(OC)c2[nH]c(CCCN(C)CC[C@]3(O)C[C@@H]4CC[C@@H]3C=C4c3ccccc3)nc12. The quantitative estimate of drug-likeness (QED) is 0.428. The van der Waals surface area contributed by atoms with E-state index >= 15 is 0 Å². The fourth-order valence-corrected chi connectivity index (χ4v) is 5.99. The first-order valence-electron chi connectivity index (χ1n) is 12.8. The molecule has 3 aromatic rings. The predicted octanol–water partition coefficient (Wildman–Crippen LogP) is 5.08. The molecule has 1 aromatic heterocycles. The molecule has 0 saturated heterocycles. The lowest BCUT2D eigenvalue weighted by molar-refractivity contribution is -0.0574. The smallest absolute Gasteiger partial charge is 0.146 e. The van der Waals surface area contributed by atoms with Crippen molar-refractivity contribution in [3.8, 4) is 11.5 Å². The van der Waals surface area contributed by atoms with Crippen LogP contribution in [0.4, 0.5) is 0 Å². The van der Waals surface area contributed by atoms with Gasteiger partial charge >= 0.3 is 0 Å². The average Bonchev–Trinajstić information content (AvgIpc) is 3.32. The van der Waals surface area contributed by atoms with Crippen molar-refractivity contribution in [1.82, 2.24) is 14.9 Å². The average molecular weight is 476 g/mol. The molecular weight excluding hydrogens is 438 g/mol. The van der Waals surface area contributed by atoms with Crippen molar-refractivity contribution in [3.63, 3.8) is 0 Å². The van der Waals surface area contributed by atoms with Gasteiger partial charge in [0.25, 0.3) is 0 Å². The lowest BCUT2D eigenvalue weighted by Crippen LogP contribution is -2.48. The summed E-state index contributed by atoms with van der Waals surface area (Å²) in [5, 5.41) is 11.5. The Morgan fingerprint density at radius 1 is 1.06 bits per heavy atom. The van der Waals surface area contributed by atoms with Crippen molar-refractivity contribution in [2.45, 2.75) is 44.1 Å². The molecule has 3 atom stereocenters. The van der Waals surface area contributed by atoms with E-state index in [1.165, 1.54) is 17.6 Å². The Morgan fingerprint density at radius 3 is 2.54 bits per heavy atom. The molecule has 1 fully saturated rings. The molecule has 0 unspecified atom stereocenters. The Bertz CT molecular complexity index is 1150. The molecule has 0 spiro atoms. The van der Waals surface area contributed by atoms with Crippen LogP contribution in [0.3, 0.4) is 0 Å². The van der Waals surface area contributed by atoms with E-state index in [9.17, 15) is 5.11 Å². The number of aryl methyl sites for hydroxylation is 1. The highest BCUT2D eigenvalue weighted by atomic mass is 16.5. The summed E-state index contributed by atoms with van der Waals surface area (Å²) in [6.07, 6.45) is 8.21. The van der Waals surface area contributed by atoms with Crippen LogP contribution in [0.5, 0.6) is 11.5 Å². The fraction of sp³-hybridized carbons (Fsp3) is 0.483. The Hall–Kier alpha value is -2.83. The first-order valence-corrected chi connectivity index (χ1v) is 12.8. The van der Waals surface area contributed by atoms with E-state index in [0.717, 1.165) is 73.6 Å². The van der Waals surface area contributed by atoms with E-state index in [0.29, 0.717) is 5.92 Å². The van der Waals surface area contributed by atoms with E-state index in [4.69, 9.17) is 14.5 Å². The standard InChI is InChI=1S/C29H37N3O3/c1-32(16-7-10-26-30-27-24(34-2)13-14-25(35-3)28(27)31-26)17-15-29(33)19-21-11-12-22(29)18-23(21)20-8-5-4-6-9-20/h4-6,8-9,13-14,18,21-22,33H,7,10-12,15-17,19H2,1-3H3,(H,30,31)/t21-,22+,29-/m0/s1. The minimum atomic E-state index is -0.582. The first kappa shape index (κ1) is 23.9. The third-order valence-corrected chi connectivity index (χ3v) is 7.98. The van der Waals surface area contributed by atoms with Gasteiger partial charge in [-0.05, 0) is 74.9 Å². The van der Waals surface area contributed by atoms with Gasteiger partial charge in [0.2, 0.25) is 0 Å². The van der Waals surface area contributed by atoms with E-state index in [-0.39, 0.29) is 5.92 Å². The molecule has 3 aliphatic carbocycles. The Kier molecular flexibility index (Phi) is 6.85. The third kappa shape index (κ3) is 4.82. The summed E-state index contributed by atoms with van der Waals surface area (Å²) in [5.41, 5.74) is 3.88. The van der Waals surface area contributed by atoms with Gasteiger partial charge in [-0.15, -0.1) is 0 Å². The van der Waals surface area contributed by atoms with Crippen molar-refractivity contribution in [2.24, 2.45) is 11.8 Å². The summed E-state index contributed by atoms with van der Waals surface area (Å²) in [6.45, 7) is 1.86. The summed E-state index contributed by atoms with van der Waals surface area (Å²) in [6, 6.07) is 14.5. The van der Waals surface area contributed by atoms with Crippen molar-refractivity contribution < 1.29 is 14.6 Å². The number of imidazole rings is 1. The molecule has 0 amide bonds. The van der Waals surface area contributed by atoms with E-state index in [1.807, 2.05) is 12.1 Å². The van der Waals surface area contributed by atoms with E-state index < -0.39 is 5.60 Å². The summed E-state index contributed by atoms with van der Waals surface area (Å²) in [5.74, 6) is 3.20. The molecule has 2 aromatic carbocycles. The number of rotatable bonds is 10. The number of fused-ring (bicyclic) bond motifs is 3. The highest BCUT2D eigenvalue weighted by molar-refractivity contribution is 5.87. The molecule has 2 N–H and O–H groups in total. The molecule has 3 aliphatic rings. The normalized spacial score (nSPS) is 23.6. The van der Waals surface area contributed by atoms with Crippen LogP contribution in [-0.2, 0) is 6.42 Å².